The van der Waals surface area contributed by atoms with Crippen LogP contribution in [0.25, 0.3) is 0 Å². The lowest BCUT2D eigenvalue weighted by atomic mass is 10.1. The Morgan fingerprint density at radius 3 is 2.39 bits per heavy atom. The summed E-state index contributed by atoms with van der Waals surface area (Å²) in [5.74, 6) is 0.152. The van der Waals surface area contributed by atoms with E-state index in [2.05, 4.69) is 29.0 Å². The van der Waals surface area contributed by atoms with E-state index in [1.165, 1.54) is 11.3 Å². The smallest absolute Gasteiger partial charge is 0.265 e. The fourth-order valence-corrected chi connectivity index (χ4v) is 2.52. The summed E-state index contributed by atoms with van der Waals surface area (Å²) in [6.45, 7) is 11.6. The molecule has 0 aliphatic carbocycles. The number of nitrogens with zero attached hydrogens (tertiary/aromatic N) is 2. The van der Waals surface area contributed by atoms with Gasteiger partial charge in [0.2, 0.25) is 0 Å². The monoisotopic (exact) mass is 270 g/mol. The van der Waals surface area contributed by atoms with Gasteiger partial charge in [0.15, 0.2) is 5.13 Å². The quantitative estimate of drug-likeness (QED) is 0.879. The van der Waals surface area contributed by atoms with E-state index in [0.717, 1.165) is 18.2 Å². The molecule has 18 heavy (non-hydrogen) atoms. The number of nitrogen functional groups attached to an aromatic ring is 1. The maximum absolute atomic E-state index is 12.1. The molecule has 0 aromatic carbocycles. The van der Waals surface area contributed by atoms with Crippen molar-refractivity contribution in [1.82, 2.24) is 10.3 Å². The van der Waals surface area contributed by atoms with E-state index in [-0.39, 0.29) is 11.4 Å². The van der Waals surface area contributed by atoms with Crippen LogP contribution in [0, 0.1) is 0 Å². The lowest BCUT2D eigenvalue weighted by Gasteiger charge is -2.19. The third-order valence-electron chi connectivity index (χ3n) is 2.37. The molecule has 1 rings (SSSR count). The highest BCUT2D eigenvalue weighted by molar-refractivity contribution is 7.18. The number of carbonyl (C=O) groups is 1. The molecular formula is C12H22N4OS. The third kappa shape index (κ3) is 3.60. The van der Waals surface area contributed by atoms with Crippen molar-refractivity contribution in [2.75, 3.05) is 23.7 Å². The first-order valence-electron chi connectivity index (χ1n) is 6.12. The predicted molar refractivity (Wildman–Crippen MR) is 77.3 cm³/mol. The van der Waals surface area contributed by atoms with Crippen molar-refractivity contribution < 1.29 is 4.79 Å². The van der Waals surface area contributed by atoms with Gasteiger partial charge in [0, 0.05) is 18.6 Å². The molecule has 6 heteroatoms. The van der Waals surface area contributed by atoms with Crippen molar-refractivity contribution >= 4 is 28.2 Å². The van der Waals surface area contributed by atoms with E-state index in [1.807, 2.05) is 20.8 Å². The summed E-state index contributed by atoms with van der Waals surface area (Å²) in [6.07, 6.45) is 0. The average molecular weight is 270 g/mol. The van der Waals surface area contributed by atoms with Gasteiger partial charge in [-0.3, -0.25) is 4.79 Å². The first-order chi connectivity index (χ1) is 8.28. The van der Waals surface area contributed by atoms with Crippen LogP contribution < -0.4 is 16.0 Å². The Kier molecular flexibility index (Phi) is 4.56. The molecule has 102 valence electrons. The number of rotatable bonds is 4. The number of hydrogen-bond donors (Lipinski definition) is 2. The Morgan fingerprint density at radius 1 is 1.39 bits per heavy atom. The minimum absolute atomic E-state index is 0.157. The maximum atomic E-state index is 12.1. The van der Waals surface area contributed by atoms with Crippen LogP contribution >= 0.6 is 11.3 Å². The number of carbonyl (C=O) groups excluding carboxylic acids is 1. The standard InChI is InChI=1S/C12H22N4OS/c1-6-16(7-2)11-14-9(13)8(18-11)10(17)15-12(3,4)5/h6-7,13H2,1-5H3,(H,15,17). The van der Waals surface area contributed by atoms with Crippen LogP contribution in [0.4, 0.5) is 10.9 Å². The van der Waals surface area contributed by atoms with Crippen molar-refractivity contribution in [2.24, 2.45) is 0 Å². The van der Waals surface area contributed by atoms with E-state index in [9.17, 15) is 4.79 Å². The van der Waals surface area contributed by atoms with Crippen LogP contribution in [0.3, 0.4) is 0 Å². The van der Waals surface area contributed by atoms with Gasteiger partial charge < -0.3 is 16.0 Å². The molecule has 0 fully saturated rings. The highest BCUT2D eigenvalue weighted by atomic mass is 32.1. The van der Waals surface area contributed by atoms with Crippen LogP contribution in [-0.2, 0) is 0 Å². The Balaban J connectivity index is 2.94. The Hall–Kier alpha value is -1.30. The maximum Gasteiger partial charge on any atom is 0.265 e. The van der Waals surface area contributed by atoms with E-state index in [1.54, 1.807) is 0 Å². The highest BCUT2D eigenvalue weighted by Crippen LogP contribution is 2.28. The van der Waals surface area contributed by atoms with Crippen molar-refractivity contribution in [3.8, 4) is 0 Å². The largest absolute Gasteiger partial charge is 0.382 e. The minimum atomic E-state index is -0.275. The molecule has 0 bridgehead atoms. The molecule has 1 aromatic heterocycles. The summed E-state index contributed by atoms with van der Waals surface area (Å²) in [5.41, 5.74) is 5.55. The Bertz CT molecular complexity index is 418. The van der Waals surface area contributed by atoms with Gasteiger partial charge in [0.1, 0.15) is 10.7 Å². The third-order valence-corrected chi connectivity index (χ3v) is 3.50. The van der Waals surface area contributed by atoms with Crippen LogP contribution in [0.1, 0.15) is 44.3 Å². The molecule has 0 aliphatic rings. The molecule has 0 saturated heterocycles. The number of nitrogens with one attached hydrogen (secondary N) is 1. The van der Waals surface area contributed by atoms with Crippen molar-refractivity contribution in [3.63, 3.8) is 0 Å². The van der Waals surface area contributed by atoms with E-state index < -0.39 is 0 Å². The molecule has 5 nitrogen and oxygen atoms in total. The molecule has 3 N–H and O–H groups in total. The van der Waals surface area contributed by atoms with Gasteiger partial charge in [-0.2, -0.15) is 0 Å². The van der Waals surface area contributed by atoms with E-state index in [4.69, 9.17) is 5.73 Å². The lowest BCUT2D eigenvalue weighted by Crippen LogP contribution is -2.40. The van der Waals surface area contributed by atoms with Crippen molar-refractivity contribution in [1.29, 1.82) is 0 Å². The number of nitrogens with two attached hydrogens (primary N) is 1. The molecule has 1 amide bonds. The number of anilines is 2. The fraction of sp³-hybridized carbons (Fsp3) is 0.667. The summed E-state index contributed by atoms with van der Waals surface area (Å²) >= 11 is 1.34. The summed E-state index contributed by atoms with van der Waals surface area (Å²) in [7, 11) is 0. The summed E-state index contributed by atoms with van der Waals surface area (Å²) in [4.78, 5) is 18.9. The highest BCUT2D eigenvalue weighted by Gasteiger charge is 2.22. The van der Waals surface area contributed by atoms with Crippen LogP contribution in [-0.4, -0.2) is 29.5 Å². The summed E-state index contributed by atoms with van der Waals surface area (Å²) < 4.78 is 0. The molecule has 0 unspecified atom stereocenters. The van der Waals surface area contributed by atoms with E-state index in [0.29, 0.717) is 10.7 Å². The number of hydrogen-bond acceptors (Lipinski definition) is 5. The zero-order chi connectivity index (χ0) is 13.9. The molecule has 1 aromatic rings. The average Bonchev–Trinajstić information content (AvgIpc) is 2.60. The first kappa shape index (κ1) is 14.8. The normalized spacial score (nSPS) is 11.4. The SMILES string of the molecule is CCN(CC)c1nc(N)c(C(=O)NC(C)(C)C)s1. The molecule has 1 heterocycles. The molecule has 0 atom stereocenters. The van der Waals surface area contributed by atoms with E-state index >= 15 is 0 Å². The van der Waals surface area contributed by atoms with Crippen LogP contribution in [0.2, 0.25) is 0 Å². The lowest BCUT2D eigenvalue weighted by molar-refractivity contribution is 0.0924. The number of aromatic nitrogens is 1. The predicted octanol–water partition coefficient (Wildman–Crippen LogP) is 2.10. The zero-order valence-corrected chi connectivity index (χ0v) is 12.5. The molecule has 0 saturated carbocycles. The second-order valence-corrected chi connectivity index (χ2v) is 6.06. The Morgan fingerprint density at radius 2 is 1.94 bits per heavy atom. The molecule has 0 aliphatic heterocycles. The van der Waals surface area contributed by atoms with Gasteiger partial charge in [-0.25, -0.2) is 4.98 Å². The molecule has 0 spiro atoms. The fourth-order valence-electron chi connectivity index (χ4n) is 1.51. The van der Waals surface area contributed by atoms with Gasteiger partial charge >= 0.3 is 0 Å². The topological polar surface area (TPSA) is 71.2 Å². The van der Waals surface area contributed by atoms with Crippen LogP contribution in [0.5, 0.6) is 0 Å². The molecular weight excluding hydrogens is 248 g/mol. The van der Waals surface area contributed by atoms with Crippen LogP contribution in [0.15, 0.2) is 0 Å². The second kappa shape index (κ2) is 5.56. The van der Waals surface area contributed by atoms with Gasteiger partial charge in [-0.15, -0.1) is 0 Å². The van der Waals surface area contributed by atoms with Gasteiger partial charge in [-0.05, 0) is 34.6 Å². The number of thiazole rings is 1. The molecule has 0 radical (unpaired) electrons. The first-order valence-corrected chi connectivity index (χ1v) is 6.94. The Labute approximate surface area is 112 Å². The second-order valence-electron chi connectivity index (χ2n) is 5.09. The zero-order valence-electron chi connectivity index (χ0n) is 11.7. The van der Waals surface area contributed by atoms with Gasteiger partial charge in [0.25, 0.3) is 5.91 Å². The summed E-state index contributed by atoms with van der Waals surface area (Å²) in [6, 6.07) is 0. The minimum Gasteiger partial charge on any atom is -0.382 e. The van der Waals surface area contributed by atoms with Crippen molar-refractivity contribution in [2.45, 2.75) is 40.2 Å². The van der Waals surface area contributed by atoms with Gasteiger partial charge in [-0.1, -0.05) is 11.3 Å². The van der Waals surface area contributed by atoms with Crippen molar-refractivity contribution in [3.05, 3.63) is 4.88 Å². The number of amides is 1. The summed E-state index contributed by atoms with van der Waals surface area (Å²) in [5, 5.41) is 3.70. The van der Waals surface area contributed by atoms with Gasteiger partial charge in [0.05, 0.1) is 0 Å².